The molecule has 2 heterocycles. The van der Waals surface area contributed by atoms with Crippen LogP contribution in [0.2, 0.25) is 0 Å². The summed E-state index contributed by atoms with van der Waals surface area (Å²) in [5, 5.41) is 3.16. The summed E-state index contributed by atoms with van der Waals surface area (Å²) in [6, 6.07) is 4.33. The molecule has 0 radical (unpaired) electrons. The third-order valence-electron chi connectivity index (χ3n) is 6.78. The quantitative estimate of drug-likeness (QED) is 0.916. The van der Waals surface area contributed by atoms with Gasteiger partial charge in [0.25, 0.3) is 0 Å². The summed E-state index contributed by atoms with van der Waals surface area (Å²) in [5.41, 5.74) is 3.94. The molecule has 0 spiro atoms. The third kappa shape index (κ3) is 3.33. The second-order valence-electron chi connectivity index (χ2n) is 8.76. The van der Waals surface area contributed by atoms with Crippen LogP contribution in [0.4, 0.5) is 10.5 Å². The van der Waals surface area contributed by atoms with Gasteiger partial charge < -0.3 is 15.1 Å². The van der Waals surface area contributed by atoms with Crippen molar-refractivity contribution < 1.29 is 4.79 Å². The fourth-order valence-electron chi connectivity index (χ4n) is 4.31. The molecule has 1 N–H and O–H groups in total. The van der Waals surface area contributed by atoms with Crippen molar-refractivity contribution in [3.63, 3.8) is 0 Å². The molecule has 2 aliphatic rings. The third-order valence-corrected chi connectivity index (χ3v) is 6.78. The van der Waals surface area contributed by atoms with E-state index >= 15 is 0 Å². The molecule has 5 nitrogen and oxygen atoms in total. The molecule has 1 aliphatic heterocycles. The highest BCUT2D eigenvalue weighted by atomic mass is 16.2. The largest absolute Gasteiger partial charge is 0.368 e. The lowest BCUT2D eigenvalue weighted by atomic mass is 10.0. The van der Waals surface area contributed by atoms with Crippen LogP contribution in [0.25, 0.3) is 0 Å². The van der Waals surface area contributed by atoms with Gasteiger partial charge in [-0.15, -0.1) is 0 Å². The van der Waals surface area contributed by atoms with Gasteiger partial charge in [0, 0.05) is 49.8 Å². The number of aromatic nitrogens is 1. The molecule has 0 atom stereocenters. The van der Waals surface area contributed by atoms with Gasteiger partial charge in [0.15, 0.2) is 0 Å². The number of carbonyl (C=O) groups excluding carboxylic acids is 1. The first kappa shape index (κ1) is 18.0. The predicted octanol–water partition coefficient (Wildman–Crippen LogP) is 3.21. The Hall–Kier alpha value is -1.78. The molecule has 3 rings (SSSR count). The van der Waals surface area contributed by atoms with E-state index in [1.165, 1.54) is 5.69 Å². The zero-order valence-corrected chi connectivity index (χ0v) is 16.5. The Balaban J connectivity index is 1.50. The van der Waals surface area contributed by atoms with Crippen molar-refractivity contribution >= 4 is 11.7 Å². The number of anilines is 1. The van der Waals surface area contributed by atoms with Crippen LogP contribution in [0.3, 0.4) is 0 Å². The Morgan fingerprint density at radius 3 is 2.08 bits per heavy atom. The molecule has 0 unspecified atom stereocenters. The highest BCUT2D eigenvalue weighted by Gasteiger charge is 2.64. The molecule has 2 fully saturated rings. The van der Waals surface area contributed by atoms with Crippen LogP contribution in [0.15, 0.2) is 12.1 Å². The summed E-state index contributed by atoms with van der Waals surface area (Å²) < 4.78 is 0. The van der Waals surface area contributed by atoms with Gasteiger partial charge in [-0.3, -0.25) is 4.98 Å². The molecule has 0 aromatic carbocycles. The minimum absolute atomic E-state index is 0.0836. The molecule has 1 saturated heterocycles. The van der Waals surface area contributed by atoms with Gasteiger partial charge in [0.2, 0.25) is 0 Å². The lowest BCUT2D eigenvalue weighted by molar-refractivity contribution is 0.193. The van der Waals surface area contributed by atoms with E-state index in [0.717, 1.165) is 44.1 Å². The maximum atomic E-state index is 12.5. The number of rotatable bonds is 3. The van der Waals surface area contributed by atoms with E-state index in [1.54, 1.807) is 0 Å². The fraction of sp³-hybridized carbons (Fsp3) is 0.700. The van der Waals surface area contributed by atoms with Gasteiger partial charge >= 0.3 is 6.03 Å². The number of amides is 2. The predicted molar refractivity (Wildman–Crippen MR) is 102 cm³/mol. The topological polar surface area (TPSA) is 48.5 Å². The summed E-state index contributed by atoms with van der Waals surface area (Å²) in [7, 11) is 0. The Bertz CT molecular complexity index is 625. The van der Waals surface area contributed by atoms with Crippen molar-refractivity contribution in [1.82, 2.24) is 15.2 Å². The van der Waals surface area contributed by atoms with E-state index in [9.17, 15) is 4.79 Å². The summed E-state index contributed by atoms with van der Waals surface area (Å²) >= 11 is 0. The van der Waals surface area contributed by atoms with Crippen molar-refractivity contribution in [3.8, 4) is 0 Å². The lowest BCUT2D eigenvalue weighted by Crippen LogP contribution is -2.52. The maximum Gasteiger partial charge on any atom is 0.317 e. The van der Waals surface area contributed by atoms with E-state index in [0.29, 0.717) is 16.7 Å². The molecule has 2 amide bonds. The number of pyridine rings is 1. The summed E-state index contributed by atoms with van der Waals surface area (Å²) in [4.78, 5) is 21.2. The number of nitrogens with zero attached hydrogens (tertiary/aromatic N) is 3. The average molecular weight is 345 g/mol. The molecule has 1 aliphatic carbocycles. The van der Waals surface area contributed by atoms with Crippen LogP contribution in [-0.2, 0) is 0 Å². The number of aryl methyl sites for hydroxylation is 2. The molecule has 138 valence electrons. The normalized spacial score (nSPS) is 22.0. The molecule has 1 saturated carbocycles. The molecular formula is C20H32N4O. The Morgan fingerprint density at radius 1 is 1.08 bits per heavy atom. The Labute approximate surface area is 151 Å². The number of piperazine rings is 1. The molecule has 5 heteroatoms. The molecule has 25 heavy (non-hydrogen) atoms. The average Bonchev–Trinajstić information content (AvgIpc) is 2.93. The van der Waals surface area contributed by atoms with E-state index in [-0.39, 0.29) is 6.03 Å². The Kier molecular flexibility index (Phi) is 4.46. The van der Waals surface area contributed by atoms with Crippen molar-refractivity contribution in [2.24, 2.45) is 16.7 Å². The van der Waals surface area contributed by atoms with Crippen molar-refractivity contribution in [1.29, 1.82) is 0 Å². The second kappa shape index (κ2) is 6.19. The molecule has 1 aromatic heterocycles. The maximum absolute atomic E-state index is 12.5. The minimum atomic E-state index is 0.0836. The van der Waals surface area contributed by atoms with E-state index in [2.05, 4.69) is 55.0 Å². The van der Waals surface area contributed by atoms with Crippen LogP contribution in [0, 0.1) is 30.6 Å². The van der Waals surface area contributed by atoms with Crippen LogP contribution in [-0.4, -0.2) is 48.6 Å². The zero-order valence-electron chi connectivity index (χ0n) is 16.5. The number of nitrogens with one attached hydrogen (secondary N) is 1. The number of hydrogen-bond acceptors (Lipinski definition) is 3. The zero-order chi connectivity index (χ0) is 18.4. The van der Waals surface area contributed by atoms with Gasteiger partial charge in [-0.1, -0.05) is 27.7 Å². The second-order valence-corrected chi connectivity index (χ2v) is 8.76. The van der Waals surface area contributed by atoms with Gasteiger partial charge in [-0.2, -0.15) is 0 Å². The smallest absolute Gasteiger partial charge is 0.317 e. The summed E-state index contributed by atoms with van der Waals surface area (Å²) in [6.45, 7) is 17.3. The van der Waals surface area contributed by atoms with Gasteiger partial charge in [-0.25, -0.2) is 4.79 Å². The highest BCUT2D eigenvalue weighted by Crippen LogP contribution is 2.67. The number of urea groups is 1. The van der Waals surface area contributed by atoms with E-state index < -0.39 is 0 Å². The first-order chi connectivity index (χ1) is 11.6. The van der Waals surface area contributed by atoms with Gasteiger partial charge in [0.05, 0.1) is 0 Å². The first-order valence-electron chi connectivity index (χ1n) is 9.36. The standard InChI is InChI=1S/C20H32N4O/c1-14-11-16(12-15(2)22-14)23-7-9-24(10-8-23)18(25)21-13-17-19(3,4)20(17,5)6/h11-12,17H,7-10,13H2,1-6H3,(H,21,25). The van der Waals surface area contributed by atoms with E-state index in [1.807, 2.05) is 18.7 Å². The molecule has 0 bridgehead atoms. The first-order valence-corrected chi connectivity index (χ1v) is 9.36. The van der Waals surface area contributed by atoms with Crippen molar-refractivity contribution in [2.75, 3.05) is 37.6 Å². The summed E-state index contributed by atoms with van der Waals surface area (Å²) in [5.74, 6) is 0.563. The molecule has 1 aromatic rings. The summed E-state index contributed by atoms with van der Waals surface area (Å²) in [6.07, 6.45) is 0. The van der Waals surface area contributed by atoms with E-state index in [4.69, 9.17) is 0 Å². The van der Waals surface area contributed by atoms with Crippen LogP contribution < -0.4 is 10.2 Å². The number of carbonyl (C=O) groups is 1. The highest BCUT2D eigenvalue weighted by molar-refractivity contribution is 5.74. The minimum Gasteiger partial charge on any atom is -0.368 e. The van der Waals surface area contributed by atoms with Crippen molar-refractivity contribution in [2.45, 2.75) is 41.5 Å². The van der Waals surface area contributed by atoms with Crippen LogP contribution in [0.1, 0.15) is 39.1 Å². The van der Waals surface area contributed by atoms with Gasteiger partial charge in [0.1, 0.15) is 0 Å². The monoisotopic (exact) mass is 344 g/mol. The van der Waals surface area contributed by atoms with Crippen molar-refractivity contribution in [3.05, 3.63) is 23.5 Å². The van der Waals surface area contributed by atoms with Gasteiger partial charge in [-0.05, 0) is 42.7 Å². The fourth-order valence-corrected chi connectivity index (χ4v) is 4.31. The Morgan fingerprint density at radius 2 is 1.60 bits per heavy atom. The number of hydrogen-bond donors (Lipinski definition) is 1. The molecular weight excluding hydrogens is 312 g/mol. The van der Waals surface area contributed by atoms with Crippen LogP contribution in [0.5, 0.6) is 0 Å². The lowest BCUT2D eigenvalue weighted by Gasteiger charge is -2.36. The SMILES string of the molecule is Cc1cc(N2CCN(C(=O)NCC3C(C)(C)C3(C)C)CC2)cc(C)n1. The van der Waals surface area contributed by atoms with Crippen LogP contribution >= 0.6 is 0 Å².